The summed E-state index contributed by atoms with van der Waals surface area (Å²) in [5.74, 6) is -1.91. The van der Waals surface area contributed by atoms with Crippen LogP contribution in [0.5, 0.6) is 0 Å². The van der Waals surface area contributed by atoms with Gasteiger partial charge in [0.1, 0.15) is 11.6 Å². The molecule has 3 heterocycles. The lowest BCUT2D eigenvalue weighted by molar-refractivity contribution is -0.154. The van der Waals surface area contributed by atoms with Gasteiger partial charge in [-0.25, -0.2) is 0 Å². The van der Waals surface area contributed by atoms with Crippen LogP contribution in [0.1, 0.15) is 52.9 Å². The normalized spacial score (nSPS) is 32.4. The van der Waals surface area contributed by atoms with Crippen molar-refractivity contribution in [2.45, 2.75) is 76.2 Å². The van der Waals surface area contributed by atoms with E-state index in [0.717, 1.165) is 12.8 Å². The third-order valence-electron chi connectivity index (χ3n) is 7.96. The van der Waals surface area contributed by atoms with Crippen molar-refractivity contribution in [1.82, 2.24) is 14.7 Å². The molecule has 190 valence electrons. The van der Waals surface area contributed by atoms with Crippen LogP contribution in [0, 0.1) is 11.8 Å². The molecule has 3 aliphatic rings. The number of carbonyl (C=O) groups is 3. The van der Waals surface area contributed by atoms with Crippen LogP contribution in [0.2, 0.25) is 0 Å². The molecule has 34 heavy (non-hydrogen) atoms. The number of amides is 3. The van der Waals surface area contributed by atoms with E-state index in [1.807, 2.05) is 13.8 Å². The van der Waals surface area contributed by atoms with Gasteiger partial charge in [-0.1, -0.05) is 25.5 Å². The molecule has 3 saturated heterocycles. The van der Waals surface area contributed by atoms with Crippen molar-refractivity contribution in [2.75, 3.05) is 33.3 Å². The summed E-state index contributed by atoms with van der Waals surface area (Å²) < 4.78 is 6.64. The maximum atomic E-state index is 14.1. The largest absolute Gasteiger partial charge is 0.396 e. The maximum absolute atomic E-state index is 14.1. The monoisotopic (exact) mass is 475 g/mol. The lowest BCUT2D eigenvalue weighted by Crippen LogP contribution is -2.58. The molecule has 0 aromatic carbocycles. The number of likely N-dealkylation sites (N-methyl/N-ethyl adjacent to an activating group) is 1. The van der Waals surface area contributed by atoms with Gasteiger partial charge in [-0.3, -0.25) is 14.4 Å². The molecular weight excluding hydrogens is 434 g/mol. The molecule has 0 radical (unpaired) electrons. The zero-order valence-electron chi connectivity index (χ0n) is 21.2. The average Bonchev–Trinajstić information content (AvgIpc) is 3.36. The van der Waals surface area contributed by atoms with E-state index in [4.69, 9.17) is 4.74 Å². The fraction of sp³-hybridized carbons (Fsp3) is 0.731. The van der Waals surface area contributed by atoms with Crippen molar-refractivity contribution < 1.29 is 24.2 Å². The standard InChI is InChI=1S/C26H41N3O5/c1-7-11-18(4)28(15-9-3)24(33)21-26-13-12-25(5,34-26)19(22(31)27(6)14-8-2)20(26)23(32)29(21)16-10-17-30/h8-9,18-21,30H,2-3,7,10-17H2,1,4-6H3/t18?,19-,20+,21?,25+,26?/m1/s1. The van der Waals surface area contributed by atoms with E-state index in [-0.39, 0.29) is 36.9 Å². The first kappa shape index (κ1) is 26.4. The number of aliphatic hydroxyl groups is 1. The lowest BCUT2D eigenvalue weighted by atomic mass is 9.66. The Kier molecular flexibility index (Phi) is 7.92. The van der Waals surface area contributed by atoms with Crippen molar-refractivity contribution >= 4 is 17.7 Å². The predicted octanol–water partition coefficient (Wildman–Crippen LogP) is 1.98. The van der Waals surface area contributed by atoms with Crippen LogP contribution < -0.4 is 0 Å². The summed E-state index contributed by atoms with van der Waals surface area (Å²) in [5, 5.41) is 9.49. The molecule has 1 spiro atoms. The van der Waals surface area contributed by atoms with Gasteiger partial charge >= 0.3 is 0 Å². The molecule has 3 aliphatic heterocycles. The molecule has 3 rings (SSSR count). The van der Waals surface area contributed by atoms with Crippen LogP contribution >= 0.6 is 0 Å². The number of aliphatic hydroxyl groups excluding tert-OH is 1. The lowest BCUT2D eigenvalue weighted by Gasteiger charge is -2.39. The highest BCUT2D eigenvalue weighted by atomic mass is 16.5. The minimum atomic E-state index is -1.04. The minimum Gasteiger partial charge on any atom is -0.396 e. The Morgan fingerprint density at radius 1 is 1.26 bits per heavy atom. The number of ether oxygens (including phenoxy) is 1. The van der Waals surface area contributed by atoms with Gasteiger partial charge in [0.2, 0.25) is 17.7 Å². The van der Waals surface area contributed by atoms with Gasteiger partial charge in [-0.2, -0.15) is 0 Å². The van der Waals surface area contributed by atoms with Crippen molar-refractivity contribution in [3.8, 4) is 0 Å². The Morgan fingerprint density at radius 2 is 1.94 bits per heavy atom. The van der Waals surface area contributed by atoms with Crippen LogP contribution in [0.4, 0.5) is 0 Å². The van der Waals surface area contributed by atoms with Crippen LogP contribution in [0.15, 0.2) is 25.3 Å². The van der Waals surface area contributed by atoms with Gasteiger partial charge in [0.25, 0.3) is 0 Å². The van der Waals surface area contributed by atoms with Crippen molar-refractivity contribution in [1.29, 1.82) is 0 Å². The summed E-state index contributed by atoms with van der Waals surface area (Å²) in [6.45, 7) is 14.5. The maximum Gasteiger partial charge on any atom is 0.248 e. The quantitative estimate of drug-likeness (QED) is 0.436. The fourth-order valence-electron chi connectivity index (χ4n) is 6.44. The van der Waals surface area contributed by atoms with E-state index >= 15 is 0 Å². The third kappa shape index (κ3) is 4.09. The summed E-state index contributed by atoms with van der Waals surface area (Å²) >= 11 is 0. The number of rotatable bonds is 12. The number of hydrogen-bond acceptors (Lipinski definition) is 5. The zero-order valence-corrected chi connectivity index (χ0v) is 21.2. The predicted molar refractivity (Wildman–Crippen MR) is 130 cm³/mol. The van der Waals surface area contributed by atoms with E-state index in [0.29, 0.717) is 32.4 Å². The smallest absolute Gasteiger partial charge is 0.248 e. The van der Waals surface area contributed by atoms with E-state index < -0.39 is 29.1 Å². The number of likely N-dealkylation sites (tertiary alicyclic amines) is 1. The highest BCUT2D eigenvalue weighted by molar-refractivity contribution is 5.99. The number of fused-ring (bicyclic) bond motifs is 1. The third-order valence-corrected chi connectivity index (χ3v) is 7.96. The zero-order chi connectivity index (χ0) is 25.3. The van der Waals surface area contributed by atoms with Crippen LogP contribution in [-0.4, -0.2) is 94.1 Å². The Balaban J connectivity index is 2.06. The van der Waals surface area contributed by atoms with Crippen LogP contribution in [-0.2, 0) is 19.1 Å². The first-order valence-corrected chi connectivity index (χ1v) is 12.5. The molecule has 8 nitrogen and oxygen atoms in total. The Hall–Kier alpha value is -2.19. The van der Waals surface area contributed by atoms with Crippen molar-refractivity contribution in [3.63, 3.8) is 0 Å². The van der Waals surface area contributed by atoms with Crippen LogP contribution in [0.3, 0.4) is 0 Å². The summed E-state index contributed by atoms with van der Waals surface area (Å²) in [6.07, 6.45) is 6.63. The Morgan fingerprint density at radius 3 is 2.53 bits per heavy atom. The summed E-state index contributed by atoms with van der Waals surface area (Å²) in [7, 11) is 1.70. The number of carbonyl (C=O) groups excluding carboxylic acids is 3. The SMILES string of the molecule is C=CCN(C)C(=O)[C@H]1[C@H]2C(=O)N(CCCO)C(C(=O)N(CC=C)C(C)CCC)C23CC[C@]1(C)O3. The van der Waals surface area contributed by atoms with Crippen LogP contribution in [0.25, 0.3) is 0 Å². The summed E-state index contributed by atoms with van der Waals surface area (Å²) in [6, 6.07) is -0.841. The highest BCUT2D eigenvalue weighted by Gasteiger charge is 2.78. The first-order valence-electron chi connectivity index (χ1n) is 12.5. The van der Waals surface area contributed by atoms with Crippen molar-refractivity contribution in [2.24, 2.45) is 11.8 Å². The number of nitrogens with zero attached hydrogens (tertiary/aromatic N) is 3. The molecule has 0 saturated carbocycles. The van der Waals surface area contributed by atoms with Gasteiger partial charge in [-0.05, 0) is 39.5 Å². The van der Waals surface area contributed by atoms with E-state index in [1.165, 1.54) is 0 Å². The number of hydrogen-bond donors (Lipinski definition) is 1. The second-order valence-electron chi connectivity index (χ2n) is 10.3. The molecule has 6 atom stereocenters. The molecule has 0 aliphatic carbocycles. The van der Waals surface area contributed by atoms with E-state index in [2.05, 4.69) is 20.1 Å². The Labute approximate surface area is 203 Å². The topological polar surface area (TPSA) is 90.4 Å². The average molecular weight is 476 g/mol. The molecule has 3 unspecified atom stereocenters. The van der Waals surface area contributed by atoms with Gasteiger partial charge in [0.15, 0.2) is 0 Å². The minimum absolute atomic E-state index is 0.0221. The molecule has 3 fully saturated rings. The molecule has 8 heteroatoms. The van der Waals surface area contributed by atoms with Gasteiger partial charge < -0.3 is 24.5 Å². The summed E-state index contributed by atoms with van der Waals surface area (Å²) in [5.41, 5.74) is -1.84. The van der Waals surface area contributed by atoms with E-state index in [1.54, 1.807) is 33.9 Å². The second kappa shape index (κ2) is 10.2. The molecule has 2 bridgehead atoms. The molecular formula is C26H41N3O5. The van der Waals surface area contributed by atoms with Gasteiger partial charge in [0, 0.05) is 39.3 Å². The van der Waals surface area contributed by atoms with E-state index in [9.17, 15) is 19.5 Å². The second-order valence-corrected chi connectivity index (χ2v) is 10.3. The Bertz CT molecular complexity index is 831. The fourth-order valence-corrected chi connectivity index (χ4v) is 6.44. The van der Waals surface area contributed by atoms with Gasteiger partial charge in [-0.15, -0.1) is 13.2 Å². The van der Waals surface area contributed by atoms with Gasteiger partial charge in [0.05, 0.1) is 17.4 Å². The highest BCUT2D eigenvalue weighted by Crippen LogP contribution is 2.63. The first-order chi connectivity index (χ1) is 16.1. The van der Waals surface area contributed by atoms with Crippen molar-refractivity contribution in [3.05, 3.63) is 25.3 Å². The summed E-state index contributed by atoms with van der Waals surface area (Å²) in [4.78, 5) is 46.5. The molecule has 0 aromatic heterocycles. The molecule has 1 N–H and O–H groups in total. The molecule has 3 amide bonds. The molecule has 0 aromatic rings.